The molecule has 5 rings (SSSR count). The summed E-state index contributed by atoms with van der Waals surface area (Å²) < 4.78 is 44.9. The Kier molecular flexibility index (Phi) is 5.51. The number of hydrogen-bond acceptors (Lipinski definition) is 7. The van der Waals surface area contributed by atoms with E-state index < -0.39 is 10.0 Å². The van der Waals surface area contributed by atoms with E-state index >= 15 is 0 Å². The van der Waals surface area contributed by atoms with Crippen molar-refractivity contribution < 1.29 is 22.1 Å². The lowest BCUT2D eigenvalue weighted by atomic mass is 10.1. The van der Waals surface area contributed by atoms with Crippen LogP contribution in [0.5, 0.6) is 5.75 Å². The summed E-state index contributed by atoms with van der Waals surface area (Å²) in [6.45, 7) is 1.80. The van der Waals surface area contributed by atoms with Crippen molar-refractivity contribution in [2.24, 2.45) is 0 Å². The number of aromatic nitrogens is 2. The minimum Gasteiger partial charge on any atom is -0.497 e. The molecule has 2 heterocycles. The lowest BCUT2D eigenvalue weighted by Gasteiger charge is -2.09. The molecular weight excluding hydrogens is 478 g/mol. The van der Waals surface area contributed by atoms with Crippen LogP contribution in [-0.4, -0.2) is 25.7 Å². The highest BCUT2D eigenvalue weighted by Gasteiger charge is 2.22. The molecule has 2 aromatic heterocycles. The Morgan fingerprint density at radius 1 is 1.03 bits per heavy atom. The molecule has 1 N–H and O–H groups in total. The van der Waals surface area contributed by atoms with Gasteiger partial charge in [-0.15, -0.1) is 0 Å². The molecule has 0 unspecified atom stereocenters. The highest BCUT2D eigenvalue weighted by Crippen LogP contribution is 2.35. The van der Waals surface area contributed by atoms with Gasteiger partial charge in [-0.1, -0.05) is 28.9 Å². The third kappa shape index (κ3) is 4.00. The Labute approximate surface area is 200 Å². The Morgan fingerprint density at radius 3 is 2.53 bits per heavy atom. The normalized spacial score (nSPS) is 11.6. The summed E-state index contributed by atoms with van der Waals surface area (Å²) in [6, 6.07) is 18.4. The predicted octanol–water partition coefficient (Wildman–Crippen LogP) is 5.92. The summed E-state index contributed by atoms with van der Waals surface area (Å²) in [5, 5.41) is 5.12. The number of ether oxygens (including phenoxy) is 1. The van der Waals surface area contributed by atoms with Gasteiger partial charge in [-0.2, -0.15) is 4.98 Å². The molecule has 0 aliphatic carbocycles. The van der Waals surface area contributed by atoms with E-state index in [-0.39, 0.29) is 10.8 Å². The van der Waals surface area contributed by atoms with Crippen LogP contribution in [0.15, 0.2) is 80.6 Å². The first kappa shape index (κ1) is 22.0. The van der Waals surface area contributed by atoms with Crippen LogP contribution in [0, 0.1) is 6.92 Å². The van der Waals surface area contributed by atoms with Crippen LogP contribution in [0.2, 0.25) is 5.02 Å². The molecule has 172 valence electrons. The topological polar surface area (TPSA) is 107 Å². The van der Waals surface area contributed by atoms with E-state index in [2.05, 4.69) is 14.9 Å². The lowest BCUT2D eigenvalue weighted by Crippen LogP contribution is -2.12. The fourth-order valence-corrected chi connectivity index (χ4v) is 4.82. The van der Waals surface area contributed by atoms with E-state index in [9.17, 15) is 8.42 Å². The van der Waals surface area contributed by atoms with Crippen molar-refractivity contribution in [1.82, 2.24) is 10.1 Å². The second-order valence-electron chi connectivity index (χ2n) is 7.45. The van der Waals surface area contributed by atoms with Gasteiger partial charge in [0.15, 0.2) is 5.76 Å². The van der Waals surface area contributed by atoms with Crippen molar-refractivity contribution in [3.63, 3.8) is 0 Å². The van der Waals surface area contributed by atoms with Gasteiger partial charge in [-0.3, -0.25) is 4.72 Å². The van der Waals surface area contributed by atoms with E-state index in [0.29, 0.717) is 50.1 Å². The lowest BCUT2D eigenvalue weighted by molar-refractivity contribution is 0.415. The molecule has 0 bridgehead atoms. The molecule has 34 heavy (non-hydrogen) atoms. The molecule has 0 aliphatic rings. The summed E-state index contributed by atoms with van der Waals surface area (Å²) in [5.74, 6) is 1.49. The van der Waals surface area contributed by atoms with E-state index in [4.69, 9.17) is 25.3 Å². The maximum atomic E-state index is 13.0. The van der Waals surface area contributed by atoms with Gasteiger partial charge in [0.1, 0.15) is 11.3 Å². The number of furan rings is 1. The summed E-state index contributed by atoms with van der Waals surface area (Å²) in [4.78, 5) is 4.50. The molecule has 0 saturated heterocycles. The van der Waals surface area contributed by atoms with Gasteiger partial charge < -0.3 is 13.7 Å². The zero-order valence-electron chi connectivity index (χ0n) is 18.1. The van der Waals surface area contributed by atoms with Crippen LogP contribution >= 0.6 is 11.6 Å². The molecule has 0 amide bonds. The first-order chi connectivity index (χ1) is 16.4. The van der Waals surface area contributed by atoms with Crippen molar-refractivity contribution in [3.05, 3.63) is 77.3 Å². The average Bonchev–Trinajstić information content (AvgIpc) is 3.44. The van der Waals surface area contributed by atoms with Crippen LogP contribution in [0.25, 0.3) is 34.0 Å². The summed E-state index contributed by atoms with van der Waals surface area (Å²) >= 11 is 6.23. The first-order valence-corrected chi connectivity index (χ1v) is 12.0. The third-order valence-electron chi connectivity index (χ3n) is 5.30. The van der Waals surface area contributed by atoms with Gasteiger partial charge >= 0.3 is 0 Å². The van der Waals surface area contributed by atoms with Gasteiger partial charge in [-0.05, 0) is 61.5 Å². The largest absolute Gasteiger partial charge is 0.497 e. The van der Waals surface area contributed by atoms with Crippen molar-refractivity contribution in [2.45, 2.75) is 11.8 Å². The number of hydrogen-bond donors (Lipinski definition) is 1. The number of nitrogens with one attached hydrogen (secondary N) is 1. The van der Waals surface area contributed by atoms with E-state index in [0.717, 1.165) is 0 Å². The summed E-state index contributed by atoms with van der Waals surface area (Å²) in [7, 11) is -2.29. The van der Waals surface area contributed by atoms with Crippen molar-refractivity contribution >= 4 is 38.3 Å². The molecule has 0 atom stereocenters. The average molecular weight is 496 g/mol. The number of nitrogens with zero attached hydrogens (tertiary/aromatic N) is 2. The van der Waals surface area contributed by atoms with Crippen LogP contribution in [0.3, 0.4) is 0 Å². The number of aryl methyl sites for hydroxylation is 1. The van der Waals surface area contributed by atoms with Gasteiger partial charge in [-0.25, -0.2) is 8.42 Å². The molecule has 0 saturated carbocycles. The highest BCUT2D eigenvalue weighted by molar-refractivity contribution is 7.92. The smallest absolute Gasteiger partial charge is 0.294 e. The van der Waals surface area contributed by atoms with Gasteiger partial charge in [0.05, 0.1) is 17.0 Å². The Bertz CT molecular complexity index is 1610. The Balaban J connectivity index is 1.48. The second kappa shape index (κ2) is 8.51. The molecule has 10 heteroatoms. The van der Waals surface area contributed by atoms with Gasteiger partial charge in [0, 0.05) is 22.2 Å². The predicted molar refractivity (Wildman–Crippen MR) is 128 cm³/mol. The Morgan fingerprint density at radius 2 is 1.79 bits per heavy atom. The quantitative estimate of drug-likeness (QED) is 0.311. The zero-order chi connectivity index (χ0) is 23.9. The molecule has 0 fully saturated rings. The monoisotopic (exact) mass is 495 g/mol. The minimum absolute atomic E-state index is 0.0913. The fraction of sp³-hybridized carbons (Fsp3) is 0.0833. The van der Waals surface area contributed by atoms with Crippen molar-refractivity contribution in [3.8, 4) is 28.8 Å². The zero-order valence-corrected chi connectivity index (χ0v) is 19.6. The molecule has 5 aromatic rings. The maximum Gasteiger partial charge on any atom is 0.294 e. The summed E-state index contributed by atoms with van der Waals surface area (Å²) in [5.41, 5.74) is 2.22. The fourth-order valence-electron chi connectivity index (χ4n) is 3.51. The van der Waals surface area contributed by atoms with Crippen LogP contribution in [-0.2, 0) is 10.0 Å². The van der Waals surface area contributed by atoms with Crippen LogP contribution in [0.4, 0.5) is 5.69 Å². The van der Waals surface area contributed by atoms with Crippen LogP contribution < -0.4 is 9.46 Å². The molecule has 0 aliphatic heterocycles. The first-order valence-electron chi connectivity index (χ1n) is 10.1. The standard InChI is InChI=1S/C24H18ClN3O5S/c1-14-19-13-17(34(29,30)28-15-7-9-16(31-2)10-8-15)11-12-21(19)32-22(14)24-26-23(27-33-24)18-5-3-4-6-20(18)25/h3-13,28H,1-2H3. The van der Waals surface area contributed by atoms with Crippen molar-refractivity contribution in [1.29, 1.82) is 0 Å². The molecule has 0 spiro atoms. The number of rotatable bonds is 6. The molecule has 0 radical (unpaired) electrons. The third-order valence-corrected chi connectivity index (χ3v) is 7.00. The highest BCUT2D eigenvalue weighted by atomic mass is 35.5. The Hall–Kier alpha value is -3.82. The van der Waals surface area contributed by atoms with Gasteiger partial charge in [0.2, 0.25) is 5.82 Å². The number of anilines is 1. The van der Waals surface area contributed by atoms with E-state index in [1.807, 2.05) is 12.1 Å². The molecule has 3 aromatic carbocycles. The number of fused-ring (bicyclic) bond motifs is 1. The number of halogens is 1. The second-order valence-corrected chi connectivity index (χ2v) is 9.54. The number of benzene rings is 3. The SMILES string of the molecule is COc1ccc(NS(=O)(=O)c2ccc3oc(-c4nc(-c5ccccc5Cl)no4)c(C)c3c2)cc1. The van der Waals surface area contributed by atoms with E-state index in [1.165, 1.54) is 6.07 Å². The molecular formula is C24H18ClN3O5S. The van der Waals surface area contributed by atoms with Crippen LogP contribution in [0.1, 0.15) is 5.56 Å². The van der Waals surface area contributed by atoms with Crippen molar-refractivity contribution in [2.75, 3.05) is 11.8 Å². The maximum absolute atomic E-state index is 13.0. The van der Waals surface area contributed by atoms with E-state index in [1.54, 1.807) is 62.6 Å². The van der Waals surface area contributed by atoms with Gasteiger partial charge in [0.25, 0.3) is 15.9 Å². The summed E-state index contributed by atoms with van der Waals surface area (Å²) in [6.07, 6.45) is 0. The molecule has 8 nitrogen and oxygen atoms in total. The number of methoxy groups -OCH3 is 1. The minimum atomic E-state index is -3.83. The number of sulfonamides is 1.